The van der Waals surface area contributed by atoms with Crippen molar-refractivity contribution in [1.82, 2.24) is 15.4 Å². The zero-order chi connectivity index (χ0) is 18.6. The molecule has 1 aromatic rings. The second kappa shape index (κ2) is 9.37. The number of rotatable bonds is 6. The van der Waals surface area contributed by atoms with Crippen molar-refractivity contribution in [1.29, 1.82) is 0 Å². The summed E-state index contributed by atoms with van der Waals surface area (Å²) in [5.74, 6) is -0.220. The number of nitrogens with one attached hydrogen (secondary N) is 3. The van der Waals surface area contributed by atoms with Gasteiger partial charge < -0.3 is 10.6 Å². The molecule has 1 saturated carbocycles. The van der Waals surface area contributed by atoms with Crippen LogP contribution in [-0.2, 0) is 10.0 Å². The minimum absolute atomic E-state index is 0. The van der Waals surface area contributed by atoms with Crippen LogP contribution in [-0.4, -0.2) is 40.0 Å². The molecule has 0 aromatic heterocycles. The Bertz CT molecular complexity index is 742. The highest BCUT2D eigenvalue weighted by Crippen LogP contribution is 2.27. The standard InChI is InChI=1S/C19H29N3O3S.ClH/c1-19(9-11-20-12-10-19)14-21-18(23)15-5-4-8-17(13-15)26(24,25)22-16-6-2-3-7-16;/h4-5,8,13,16,20,22H,2-3,6-7,9-12,14H2,1H3,(H,21,23);1H. The lowest BCUT2D eigenvalue weighted by molar-refractivity contribution is 0.0922. The van der Waals surface area contributed by atoms with Crippen molar-refractivity contribution in [2.45, 2.75) is 56.4 Å². The van der Waals surface area contributed by atoms with Gasteiger partial charge in [0.1, 0.15) is 0 Å². The van der Waals surface area contributed by atoms with Gasteiger partial charge in [0.15, 0.2) is 0 Å². The molecule has 27 heavy (non-hydrogen) atoms. The first-order valence-corrected chi connectivity index (χ1v) is 11.0. The predicted octanol–water partition coefficient (Wildman–Crippen LogP) is 2.45. The van der Waals surface area contributed by atoms with Crippen molar-refractivity contribution in [3.05, 3.63) is 29.8 Å². The van der Waals surface area contributed by atoms with Crippen molar-refractivity contribution in [3.63, 3.8) is 0 Å². The monoisotopic (exact) mass is 415 g/mol. The van der Waals surface area contributed by atoms with Crippen LogP contribution in [0.2, 0.25) is 0 Å². The zero-order valence-corrected chi connectivity index (χ0v) is 17.4. The number of amides is 1. The van der Waals surface area contributed by atoms with Gasteiger partial charge in [-0.1, -0.05) is 25.8 Å². The Morgan fingerprint density at radius 3 is 2.56 bits per heavy atom. The first-order chi connectivity index (χ1) is 12.4. The van der Waals surface area contributed by atoms with Crippen LogP contribution in [0.4, 0.5) is 0 Å². The van der Waals surface area contributed by atoms with Gasteiger partial charge >= 0.3 is 0 Å². The molecule has 0 atom stereocenters. The molecule has 3 rings (SSSR count). The van der Waals surface area contributed by atoms with Gasteiger partial charge in [-0.3, -0.25) is 4.79 Å². The molecule has 2 aliphatic rings. The van der Waals surface area contributed by atoms with E-state index in [0.29, 0.717) is 12.1 Å². The summed E-state index contributed by atoms with van der Waals surface area (Å²) in [5, 5.41) is 6.31. The van der Waals surface area contributed by atoms with Gasteiger partial charge in [-0.15, -0.1) is 12.4 Å². The molecule has 8 heteroatoms. The van der Waals surface area contributed by atoms with Crippen LogP contribution < -0.4 is 15.4 Å². The molecule has 6 nitrogen and oxygen atoms in total. The lowest BCUT2D eigenvalue weighted by Gasteiger charge is -2.34. The number of carbonyl (C=O) groups is 1. The molecule has 1 saturated heterocycles. The van der Waals surface area contributed by atoms with Crippen LogP contribution >= 0.6 is 12.4 Å². The second-order valence-electron chi connectivity index (χ2n) is 7.87. The third kappa shape index (κ3) is 5.91. The Labute approximate surface area is 168 Å². The molecule has 0 unspecified atom stereocenters. The van der Waals surface area contributed by atoms with E-state index in [-0.39, 0.29) is 34.7 Å². The Morgan fingerprint density at radius 1 is 1.22 bits per heavy atom. The predicted molar refractivity (Wildman–Crippen MR) is 109 cm³/mol. The maximum Gasteiger partial charge on any atom is 0.251 e. The van der Waals surface area contributed by atoms with E-state index < -0.39 is 10.0 Å². The molecule has 1 aromatic carbocycles. The van der Waals surface area contributed by atoms with E-state index in [1.165, 1.54) is 6.07 Å². The van der Waals surface area contributed by atoms with Crippen LogP contribution in [0.3, 0.4) is 0 Å². The largest absolute Gasteiger partial charge is 0.351 e. The van der Waals surface area contributed by atoms with Crippen LogP contribution in [0, 0.1) is 5.41 Å². The summed E-state index contributed by atoms with van der Waals surface area (Å²) in [4.78, 5) is 12.7. The van der Waals surface area contributed by atoms with Crippen molar-refractivity contribution in [2.24, 2.45) is 5.41 Å². The molecular weight excluding hydrogens is 386 g/mol. The lowest BCUT2D eigenvalue weighted by atomic mass is 9.81. The van der Waals surface area contributed by atoms with E-state index in [4.69, 9.17) is 0 Å². The molecule has 0 radical (unpaired) electrons. The molecular formula is C19H30ClN3O3S. The van der Waals surface area contributed by atoms with Gasteiger partial charge in [0, 0.05) is 18.2 Å². The third-order valence-corrected chi connectivity index (χ3v) is 7.09. The van der Waals surface area contributed by atoms with Crippen molar-refractivity contribution < 1.29 is 13.2 Å². The molecule has 1 aliphatic heterocycles. The minimum atomic E-state index is -3.59. The van der Waals surface area contributed by atoms with Gasteiger partial charge in [-0.2, -0.15) is 0 Å². The number of halogens is 1. The highest BCUT2D eigenvalue weighted by molar-refractivity contribution is 7.89. The smallest absolute Gasteiger partial charge is 0.251 e. The van der Waals surface area contributed by atoms with Crippen LogP contribution in [0.15, 0.2) is 29.2 Å². The number of hydrogen-bond acceptors (Lipinski definition) is 4. The summed E-state index contributed by atoms with van der Waals surface area (Å²) in [7, 11) is -3.59. The zero-order valence-electron chi connectivity index (χ0n) is 15.8. The van der Waals surface area contributed by atoms with Crippen molar-refractivity contribution >= 4 is 28.3 Å². The Hall–Kier alpha value is -1.15. The quantitative estimate of drug-likeness (QED) is 0.666. The third-order valence-electron chi connectivity index (χ3n) is 5.57. The van der Waals surface area contributed by atoms with Gasteiger partial charge in [0.05, 0.1) is 4.90 Å². The second-order valence-corrected chi connectivity index (χ2v) is 9.59. The fourth-order valence-corrected chi connectivity index (χ4v) is 5.09. The number of hydrogen-bond donors (Lipinski definition) is 3. The van der Waals surface area contributed by atoms with Gasteiger partial charge in [-0.25, -0.2) is 13.1 Å². The summed E-state index contributed by atoms with van der Waals surface area (Å²) in [6, 6.07) is 6.32. The lowest BCUT2D eigenvalue weighted by Crippen LogP contribution is -2.42. The topological polar surface area (TPSA) is 87.3 Å². The number of benzene rings is 1. The minimum Gasteiger partial charge on any atom is -0.351 e. The van der Waals surface area contributed by atoms with Crippen molar-refractivity contribution in [3.8, 4) is 0 Å². The Morgan fingerprint density at radius 2 is 1.89 bits per heavy atom. The van der Waals surface area contributed by atoms with E-state index in [1.807, 2.05) is 0 Å². The molecule has 3 N–H and O–H groups in total. The summed E-state index contributed by atoms with van der Waals surface area (Å²) in [6.45, 7) is 4.71. The average molecular weight is 416 g/mol. The van der Waals surface area contributed by atoms with E-state index in [0.717, 1.165) is 51.6 Å². The summed E-state index contributed by atoms with van der Waals surface area (Å²) in [5.41, 5.74) is 0.478. The Balaban J connectivity index is 0.00000261. The molecule has 1 amide bonds. The summed E-state index contributed by atoms with van der Waals surface area (Å²) >= 11 is 0. The molecule has 1 aliphatic carbocycles. The molecule has 0 bridgehead atoms. The number of sulfonamides is 1. The van der Waals surface area contributed by atoms with Gasteiger partial charge in [-0.05, 0) is 62.4 Å². The van der Waals surface area contributed by atoms with E-state index in [1.54, 1.807) is 18.2 Å². The van der Waals surface area contributed by atoms with Crippen molar-refractivity contribution in [2.75, 3.05) is 19.6 Å². The van der Waals surface area contributed by atoms with Crippen LogP contribution in [0.5, 0.6) is 0 Å². The summed E-state index contributed by atoms with van der Waals surface area (Å²) < 4.78 is 27.9. The fourth-order valence-electron chi connectivity index (χ4n) is 3.74. The molecule has 2 fully saturated rings. The highest BCUT2D eigenvalue weighted by Gasteiger charge is 2.27. The van der Waals surface area contributed by atoms with Crippen LogP contribution in [0.25, 0.3) is 0 Å². The number of carbonyl (C=O) groups excluding carboxylic acids is 1. The van der Waals surface area contributed by atoms with Crippen LogP contribution in [0.1, 0.15) is 55.8 Å². The maximum atomic E-state index is 12.6. The van der Waals surface area contributed by atoms with E-state index in [9.17, 15) is 13.2 Å². The normalized spacial score (nSPS) is 20.0. The fraction of sp³-hybridized carbons (Fsp3) is 0.632. The highest BCUT2D eigenvalue weighted by atomic mass is 35.5. The van der Waals surface area contributed by atoms with E-state index in [2.05, 4.69) is 22.3 Å². The molecule has 152 valence electrons. The van der Waals surface area contributed by atoms with E-state index >= 15 is 0 Å². The van der Waals surface area contributed by atoms with Gasteiger partial charge in [0.2, 0.25) is 10.0 Å². The molecule has 0 spiro atoms. The maximum absolute atomic E-state index is 12.6. The Kier molecular flexibility index (Phi) is 7.68. The SMILES string of the molecule is CC1(CNC(=O)c2cccc(S(=O)(=O)NC3CCCC3)c2)CCNCC1.Cl. The van der Waals surface area contributed by atoms with Gasteiger partial charge in [0.25, 0.3) is 5.91 Å². The first-order valence-electron chi connectivity index (χ1n) is 9.49. The molecule has 1 heterocycles. The summed E-state index contributed by atoms with van der Waals surface area (Å²) in [6.07, 6.45) is 5.92. The first kappa shape index (κ1) is 22.1. The average Bonchev–Trinajstić information content (AvgIpc) is 3.13. The number of piperidine rings is 1.